The fraction of sp³-hybridized carbons (Fsp3) is 0.588. The summed E-state index contributed by atoms with van der Waals surface area (Å²) in [4.78, 5) is 12.3. The highest BCUT2D eigenvalue weighted by Gasteiger charge is 2.30. The fourth-order valence-corrected chi connectivity index (χ4v) is 2.73. The molecule has 4 heteroatoms. The maximum atomic E-state index is 12.3. The van der Waals surface area contributed by atoms with Crippen molar-refractivity contribution in [2.45, 2.75) is 52.3 Å². The van der Waals surface area contributed by atoms with Crippen LogP contribution in [0.3, 0.4) is 0 Å². The molecule has 0 aromatic heterocycles. The number of amides is 1. The lowest BCUT2D eigenvalue weighted by Crippen LogP contribution is -2.37. The molecule has 0 saturated carbocycles. The minimum atomic E-state index is 0.0124. The summed E-state index contributed by atoms with van der Waals surface area (Å²) in [5, 5.41) is 6.42. The molecule has 4 nitrogen and oxygen atoms in total. The second-order valence-corrected chi connectivity index (χ2v) is 6.10. The summed E-state index contributed by atoms with van der Waals surface area (Å²) in [6.45, 7) is 9.03. The average molecular weight is 290 g/mol. The number of rotatable bonds is 5. The van der Waals surface area contributed by atoms with Gasteiger partial charge in [-0.05, 0) is 58.4 Å². The Hall–Kier alpha value is -1.55. The molecule has 3 atom stereocenters. The largest absolute Gasteiger partial charge is 0.491 e. The van der Waals surface area contributed by atoms with E-state index in [0.29, 0.717) is 0 Å². The number of benzene rings is 1. The van der Waals surface area contributed by atoms with Crippen LogP contribution in [-0.2, 0) is 4.79 Å². The first-order chi connectivity index (χ1) is 9.97. The monoisotopic (exact) mass is 290 g/mol. The summed E-state index contributed by atoms with van der Waals surface area (Å²) in [5.74, 6) is 1.08. The maximum absolute atomic E-state index is 12.3. The van der Waals surface area contributed by atoms with Gasteiger partial charge in [-0.25, -0.2) is 0 Å². The van der Waals surface area contributed by atoms with Gasteiger partial charge < -0.3 is 15.4 Å². The van der Waals surface area contributed by atoms with E-state index in [4.69, 9.17) is 4.74 Å². The van der Waals surface area contributed by atoms with Gasteiger partial charge >= 0.3 is 0 Å². The molecule has 116 valence electrons. The zero-order valence-corrected chi connectivity index (χ0v) is 13.3. The van der Waals surface area contributed by atoms with Gasteiger partial charge in [-0.2, -0.15) is 0 Å². The first kappa shape index (κ1) is 15.8. The molecule has 0 radical (unpaired) electrons. The van der Waals surface area contributed by atoms with Crippen LogP contribution in [0, 0.1) is 5.92 Å². The third-order valence-corrected chi connectivity index (χ3v) is 3.97. The number of ether oxygens (including phenoxy) is 1. The minimum Gasteiger partial charge on any atom is -0.491 e. The van der Waals surface area contributed by atoms with Gasteiger partial charge in [0.05, 0.1) is 18.1 Å². The quantitative estimate of drug-likeness (QED) is 0.876. The molecule has 21 heavy (non-hydrogen) atoms. The van der Waals surface area contributed by atoms with Crippen LogP contribution in [-0.4, -0.2) is 24.6 Å². The molecule has 2 N–H and O–H groups in total. The van der Waals surface area contributed by atoms with Crippen LogP contribution < -0.4 is 15.4 Å². The van der Waals surface area contributed by atoms with Gasteiger partial charge in [0.2, 0.25) is 5.91 Å². The average Bonchev–Trinajstić information content (AvgIpc) is 2.85. The van der Waals surface area contributed by atoms with Crippen molar-refractivity contribution >= 4 is 5.91 Å². The molecule has 0 spiro atoms. The second-order valence-electron chi connectivity index (χ2n) is 6.10. The van der Waals surface area contributed by atoms with Crippen molar-refractivity contribution in [3.8, 4) is 5.75 Å². The lowest BCUT2D eigenvalue weighted by molar-refractivity contribution is -0.125. The molecule has 1 aromatic carbocycles. The van der Waals surface area contributed by atoms with E-state index in [2.05, 4.69) is 17.6 Å². The topological polar surface area (TPSA) is 50.4 Å². The third kappa shape index (κ3) is 4.21. The molecule has 1 fully saturated rings. The lowest BCUT2D eigenvalue weighted by Gasteiger charge is -2.20. The molecule has 1 aliphatic heterocycles. The van der Waals surface area contributed by atoms with Gasteiger partial charge in [-0.15, -0.1) is 0 Å². The Kier molecular flexibility index (Phi) is 5.23. The molecule has 1 heterocycles. The summed E-state index contributed by atoms with van der Waals surface area (Å²) in [6.07, 6.45) is 1.09. The van der Waals surface area contributed by atoms with Crippen molar-refractivity contribution in [1.29, 1.82) is 0 Å². The second kappa shape index (κ2) is 6.94. The Labute approximate surface area is 127 Å². The lowest BCUT2D eigenvalue weighted by atomic mass is 10.00. The predicted octanol–water partition coefficient (Wildman–Crippen LogP) is 2.65. The number of carbonyl (C=O) groups is 1. The van der Waals surface area contributed by atoms with Gasteiger partial charge in [0, 0.05) is 6.04 Å². The Morgan fingerprint density at radius 2 is 1.95 bits per heavy atom. The molecule has 2 rings (SSSR count). The molecular formula is C17H26N2O2. The zero-order chi connectivity index (χ0) is 15.4. The van der Waals surface area contributed by atoms with Crippen LogP contribution in [0.1, 0.15) is 45.7 Å². The molecule has 1 aliphatic rings. The summed E-state index contributed by atoms with van der Waals surface area (Å²) >= 11 is 0. The van der Waals surface area contributed by atoms with Gasteiger partial charge in [0.15, 0.2) is 0 Å². The maximum Gasteiger partial charge on any atom is 0.225 e. The van der Waals surface area contributed by atoms with Crippen molar-refractivity contribution in [1.82, 2.24) is 10.6 Å². The van der Waals surface area contributed by atoms with Crippen LogP contribution in [0.2, 0.25) is 0 Å². The summed E-state index contributed by atoms with van der Waals surface area (Å²) < 4.78 is 5.63. The standard InChI is InChI=1S/C17H26N2O2/c1-11(2)21-15-7-5-14(6-8-15)12(3)19-17(20)16-9-10-18-13(16)4/h5-8,11-13,16,18H,9-10H2,1-4H3,(H,19,20). The molecule has 1 amide bonds. The highest BCUT2D eigenvalue weighted by molar-refractivity contribution is 5.80. The molecule has 3 unspecified atom stereocenters. The predicted molar refractivity (Wildman–Crippen MR) is 84.3 cm³/mol. The minimum absolute atomic E-state index is 0.0124. The molecular weight excluding hydrogens is 264 g/mol. The molecule has 0 aliphatic carbocycles. The van der Waals surface area contributed by atoms with Crippen molar-refractivity contribution in [2.24, 2.45) is 5.92 Å². The SMILES string of the molecule is CC(C)Oc1ccc(C(C)NC(=O)C2CCNC2C)cc1. The van der Waals surface area contributed by atoms with E-state index in [1.165, 1.54) is 0 Å². The van der Waals surface area contributed by atoms with Crippen molar-refractivity contribution in [2.75, 3.05) is 6.54 Å². The van der Waals surface area contributed by atoms with Crippen LogP contribution in [0.5, 0.6) is 5.75 Å². The number of hydrogen-bond acceptors (Lipinski definition) is 3. The Bertz CT molecular complexity index is 470. The smallest absolute Gasteiger partial charge is 0.225 e. The van der Waals surface area contributed by atoms with E-state index in [1.54, 1.807) is 0 Å². The van der Waals surface area contributed by atoms with E-state index < -0.39 is 0 Å². The Morgan fingerprint density at radius 1 is 1.29 bits per heavy atom. The molecule has 0 bridgehead atoms. The van der Waals surface area contributed by atoms with Crippen molar-refractivity contribution < 1.29 is 9.53 Å². The van der Waals surface area contributed by atoms with Crippen molar-refractivity contribution in [3.63, 3.8) is 0 Å². The van der Waals surface area contributed by atoms with E-state index >= 15 is 0 Å². The highest BCUT2D eigenvalue weighted by Crippen LogP contribution is 2.21. The van der Waals surface area contributed by atoms with E-state index in [1.807, 2.05) is 45.0 Å². The Morgan fingerprint density at radius 3 is 2.48 bits per heavy atom. The zero-order valence-electron chi connectivity index (χ0n) is 13.3. The van der Waals surface area contributed by atoms with Crippen molar-refractivity contribution in [3.05, 3.63) is 29.8 Å². The highest BCUT2D eigenvalue weighted by atomic mass is 16.5. The van der Waals surface area contributed by atoms with E-state index in [9.17, 15) is 4.79 Å². The number of carbonyl (C=O) groups excluding carboxylic acids is 1. The van der Waals surface area contributed by atoms with E-state index in [-0.39, 0.29) is 30.0 Å². The number of hydrogen-bond donors (Lipinski definition) is 2. The fourth-order valence-electron chi connectivity index (χ4n) is 2.73. The normalized spacial score (nSPS) is 23.1. The molecule has 1 aromatic rings. The van der Waals surface area contributed by atoms with Crippen LogP contribution in [0.25, 0.3) is 0 Å². The summed E-state index contributed by atoms with van der Waals surface area (Å²) in [5.41, 5.74) is 1.10. The van der Waals surface area contributed by atoms with Gasteiger partial charge in [0.1, 0.15) is 5.75 Å². The van der Waals surface area contributed by atoms with Gasteiger partial charge in [-0.1, -0.05) is 12.1 Å². The third-order valence-electron chi connectivity index (χ3n) is 3.97. The summed E-state index contributed by atoms with van der Waals surface area (Å²) in [7, 11) is 0. The van der Waals surface area contributed by atoms with Crippen LogP contribution in [0.15, 0.2) is 24.3 Å². The van der Waals surface area contributed by atoms with Gasteiger partial charge in [0.25, 0.3) is 0 Å². The van der Waals surface area contributed by atoms with Gasteiger partial charge in [-0.3, -0.25) is 4.79 Å². The first-order valence-electron chi connectivity index (χ1n) is 7.77. The first-order valence-corrected chi connectivity index (χ1v) is 7.77. The van der Waals surface area contributed by atoms with Crippen LogP contribution in [0.4, 0.5) is 0 Å². The van der Waals surface area contributed by atoms with Crippen LogP contribution >= 0.6 is 0 Å². The molecule has 1 saturated heterocycles. The Balaban J connectivity index is 1.93. The number of nitrogens with one attached hydrogen (secondary N) is 2. The van der Waals surface area contributed by atoms with E-state index in [0.717, 1.165) is 24.3 Å². The summed E-state index contributed by atoms with van der Waals surface area (Å²) in [6, 6.07) is 8.21.